The van der Waals surface area contributed by atoms with Gasteiger partial charge >= 0.3 is 0 Å². The fourth-order valence-electron chi connectivity index (χ4n) is 2.43. The number of hydrogen-bond donors (Lipinski definition) is 2. The van der Waals surface area contributed by atoms with Gasteiger partial charge in [0.15, 0.2) is 0 Å². The summed E-state index contributed by atoms with van der Waals surface area (Å²) >= 11 is 0. The summed E-state index contributed by atoms with van der Waals surface area (Å²) in [5.74, 6) is -0.799. The molecule has 1 aliphatic heterocycles. The molecule has 1 aromatic carbocycles. The highest BCUT2D eigenvalue weighted by molar-refractivity contribution is 6.12. The summed E-state index contributed by atoms with van der Waals surface area (Å²) in [5, 5.41) is 5.76. The number of carbonyl (C=O) groups excluding carboxylic acids is 3. The molecule has 23 heavy (non-hydrogen) atoms. The first-order valence-corrected chi connectivity index (χ1v) is 7.64. The molecular weight excluding hydrogens is 294 g/mol. The average molecular weight is 315 g/mol. The molecule has 1 aromatic rings. The molecule has 122 valence electrons. The van der Waals surface area contributed by atoms with E-state index < -0.39 is 0 Å². The number of hydrogen-bond acceptors (Lipinski definition) is 4. The molecule has 0 radical (unpaired) electrons. The van der Waals surface area contributed by atoms with E-state index in [-0.39, 0.29) is 36.9 Å². The van der Waals surface area contributed by atoms with Crippen molar-refractivity contribution in [1.29, 1.82) is 0 Å². The average Bonchev–Trinajstić information content (AvgIpc) is 2.88. The molecule has 1 heterocycles. The molecule has 0 spiro atoms. The number of benzene rings is 1. The Labute approximate surface area is 135 Å². The van der Waals surface area contributed by atoms with Crippen LogP contribution in [0.4, 0.5) is 0 Å². The lowest BCUT2D eigenvalue weighted by Gasteiger charge is -2.18. The van der Waals surface area contributed by atoms with Crippen LogP contribution in [0.15, 0.2) is 42.5 Å². The van der Waals surface area contributed by atoms with Gasteiger partial charge in [0.1, 0.15) is 0 Å². The molecule has 0 fully saturated rings. The molecule has 6 nitrogen and oxygen atoms in total. The Hall–Kier alpha value is -2.47. The minimum absolute atomic E-state index is 0.129. The van der Waals surface area contributed by atoms with Gasteiger partial charge in [-0.15, -0.1) is 0 Å². The van der Waals surface area contributed by atoms with E-state index in [2.05, 4.69) is 10.6 Å². The molecule has 0 saturated heterocycles. The van der Waals surface area contributed by atoms with E-state index in [1.54, 1.807) is 7.05 Å². The van der Waals surface area contributed by atoms with Crippen LogP contribution in [0.2, 0.25) is 0 Å². The SMILES string of the molecule is CN[C@@H](CCc1ccccc1)C(=O)NCCN1C(=O)C=CC1=O. The summed E-state index contributed by atoms with van der Waals surface area (Å²) in [4.78, 5) is 36.1. The summed E-state index contributed by atoms with van der Waals surface area (Å²) < 4.78 is 0. The summed E-state index contributed by atoms with van der Waals surface area (Å²) in [6.07, 6.45) is 3.95. The van der Waals surface area contributed by atoms with Gasteiger partial charge in [0, 0.05) is 25.2 Å². The quantitative estimate of drug-likeness (QED) is 0.674. The number of carbonyl (C=O) groups is 3. The van der Waals surface area contributed by atoms with Crippen molar-refractivity contribution >= 4 is 17.7 Å². The van der Waals surface area contributed by atoms with Gasteiger partial charge in [-0.2, -0.15) is 0 Å². The Kier molecular flexibility index (Phi) is 6.05. The van der Waals surface area contributed by atoms with Gasteiger partial charge in [-0.3, -0.25) is 19.3 Å². The standard InChI is InChI=1S/C17H21N3O3/c1-18-14(8-7-13-5-3-2-4-6-13)17(23)19-11-12-20-15(21)9-10-16(20)22/h2-6,9-10,14,18H,7-8,11-12H2,1H3,(H,19,23)/t14-/m0/s1. The van der Waals surface area contributed by atoms with E-state index in [0.717, 1.165) is 11.3 Å². The topological polar surface area (TPSA) is 78.5 Å². The molecule has 6 heteroatoms. The molecule has 2 N–H and O–H groups in total. The molecule has 1 aliphatic rings. The van der Waals surface area contributed by atoms with E-state index in [0.29, 0.717) is 6.42 Å². The fourth-order valence-corrected chi connectivity index (χ4v) is 2.43. The predicted octanol–water partition coefficient (Wildman–Crippen LogP) is 0.248. The first kappa shape index (κ1) is 16.9. The zero-order valence-corrected chi connectivity index (χ0v) is 13.1. The molecule has 1 atom stereocenters. The van der Waals surface area contributed by atoms with E-state index in [4.69, 9.17) is 0 Å². The number of imide groups is 1. The lowest BCUT2D eigenvalue weighted by Crippen LogP contribution is -2.46. The largest absolute Gasteiger partial charge is 0.353 e. The van der Waals surface area contributed by atoms with Gasteiger partial charge in [-0.25, -0.2) is 0 Å². The van der Waals surface area contributed by atoms with Gasteiger partial charge in [0.05, 0.1) is 6.04 Å². The number of nitrogens with one attached hydrogen (secondary N) is 2. The van der Waals surface area contributed by atoms with E-state index in [1.165, 1.54) is 17.7 Å². The Morgan fingerprint density at radius 2 is 1.78 bits per heavy atom. The molecule has 2 rings (SSSR count). The maximum absolute atomic E-state index is 12.2. The molecule has 0 saturated carbocycles. The van der Waals surface area contributed by atoms with Crippen LogP contribution in [0.25, 0.3) is 0 Å². The van der Waals surface area contributed by atoms with E-state index in [9.17, 15) is 14.4 Å². The van der Waals surface area contributed by atoms with Crippen LogP contribution in [0.1, 0.15) is 12.0 Å². The Morgan fingerprint density at radius 3 is 2.39 bits per heavy atom. The zero-order valence-electron chi connectivity index (χ0n) is 13.1. The molecule has 0 aliphatic carbocycles. The third-order valence-corrected chi connectivity index (χ3v) is 3.76. The van der Waals surface area contributed by atoms with Crippen LogP contribution in [0.3, 0.4) is 0 Å². The number of likely N-dealkylation sites (N-methyl/N-ethyl adjacent to an activating group) is 1. The van der Waals surface area contributed by atoms with Crippen molar-refractivity contribution in [2.45, 2.75) is 18.9 Å². The Bertz CT molecular complexity index is 580. The van der Waals surface area contributed by atoms with Crippen molar-refractivity contribution in [2.75, 3.05) is 20.1 Å². The van der Waals surface area contributed by atoms with Crippen LogP contribution < -0.4 is 10.6 Å². The summed E-state index contributed by atoms with van der Waals surface area (Å²) in [6, 6.07) is 9.66. The molecule has 0 aromatic heterocycles. The zero-order chi connectivity index (χ0) is 16.7. The second kappa shape index (κ2) is 8.24. The maximum Gasteiger partial charge on any atom is 0.253 e. The first-order chi connectivity index (χ1) is 11.1. The Morgan fingerprint density at radius 1 is 1.13 bits per heavy atom. The third kappa shape index (κ3) is 4.75. The van der Waals surface area contributed by atoms with Crippen molar-refractivity contribution < 1.29 is 14.4 Å². The van der Waals surface area contributed by atoms with Gasteiger partial charge in [-0.05, 0) is 25.5 Å². The van der Waals surface area contributed by atoms with Crippen molar-refractivity contribution in [3.8, 4) is 0 Å². The highest BCUT2D eigenvalue weighted by Gasteiger charge is 2.23. The van der Waals surface area contributed by atoms with E-state index >= 15 is 0 Å². The smallest absolute Gasteiger partial charge is 0.253 e. The molecule has 0 unspecified atom stereocenters. The minimum Gasteiger partial charge on any atom is -0.353 e. The van der Waals surface area contributed by atoms with E-state index in [1.807, 2.05) is 30.3 Å². The Balaban J connectivity index is 1.74. The van der Waals surface area contributed by atoms with Crippen molar-refractivity contribution in [1.82, 2.24) is 15.5 Å². The van der Waals surface area contributed by atoms with Gasteiger partial charge in [0.2, 0.25) is 5.91 Å². The number of nitrogens with zero attached hydrogens (tertiary/aromatic N) is 1. The highest BCUT2D eigenvalue weighted by atomic mass is 16.2. The van der Waals surface area contributed by atoms with Crippen molar-refractivity contribution in [2.24, 2.45) is 0 Å². The number of amides is 3. The van der Waals surface area contributed by atoms with Crippen LogP contribution in [-0.4, -0.2) is 48.8 Å². The first-order valence-electron chi connectivity index (χ1n) is 7.64. The fraction of sp³-hybridized carbons (Fsp3) is 0.353. The lowest BCUT2D eigenvalue weighted by atomic mass is 10.0. The second-order valence-electron chi connectivity index (χ2n) is 5.32. The summed E-state index contributed by atoms with van der Waals surface area (Å²) in [5.41, 5.74) is 1.18. The minimum atomic E-state index is -0.335. The summed E-state index contributed by atoms with van der Waals surface area (Å²) in [6.45, 7) is 0.438. The second-order valence-corrected chi connectivity index (χ2v) is 5.32. The molecule has 0 bridgehead atoms. The third-order valence-electron chi connectivity index (χ3n) is 3.76. The maximum atomic E-state index is 12.2. The van der Waals surface area contributed by atoms with Crippen LogP contribution in [0.5, 0.6) is 0 Å². The van der Waals surface area contributed by atoms with Crippen LogP contribution >= 0.6 is 0 Å². The predicted molar refractivity (Wildman–Crippen MR) is 86.5 cm³/mol. The normalized spacial score (nSPS) is 15.1. The van der Waals surface area contributed by atoms with Crippen LogP contribution in [0, 0.1) is 0 Å². The molecular formula is C17H21N3O3. The van der Waals surface area contributed by atoms with Crippen molar-refractivity contribution in [3.05, 3.63) is 48.0 Å². The van der Waals surface area contributed by atoms with Gasteiger partial charge < -0.3 is 10.6 Å². The summed E-state index contributed by atoms with van der Waals surface area (Å²) in [7, 11) is 1.74. The number of rotatable bonds is 8. The van der Waals surface area contributed by atoms with Gasteiger partial charge in [-0.1, -0.05) is 30.3 Å². The van der Waals surface area contributed by atoms with Crippen LogP contribution in [-0.2, 0) is 20.8 Å². The number of aryl methyl sites for hydroxylation is 1. The lowest BCUT2D eigenvalue weighted by molar-refractivity contribution is -0.137. The van der Waals surface area contributed by atoms with Gasteiger partial charge in [0.25, 0.3) is 11.8 Å². The highest BCUT2D eigenvalue weighted by Crippen LogP contribution is 2.05. The van der Waals surface area contributed by atoms with Crippen molar-refractivity contribution in [3.63, 3.8) is 0 Å². The molecule has 3 amide bonds. The monoisotopic (exact) mass is 315 g/mol.